The second kappa shape index (κ2) is 7.72. The molecule has 0 N–H and O–H groups in total. The largest absolute Gasteiger partial charge is 0.443 e. The lowest BCUT2D eigenvalue weighted by Crippen LogP contribution is -2.49. The van der Waals surface area contributed by atoms with Gasteiger partial charge in [-0.1, -0.05) is 0 Å². The highest BCUT2D eigenvalue weighted by atomic mass is 16.6. The molecule has 1 fully saturated rings. The zero-order valence-electron chi connectivity index (χ0n) is 15.6. The molecule has 1 amide bonds. The van der Waals surface area contributed by atoms with Crippen molar-refractivity contribution >= 4 is 17.5 Å². The highest BCUT2D eigenvalue weighted by molar-refractivity contribution is 5.88. The molecule has 0 atom stereocenters. The van der Waals surface area contributed by atoms with Gasteiger partial charge in [-0.2, -0.15) is 0 Å². The maximum atomic E-state index is 12.9. The van der Waals surface area contributed by atoms with E-state index < -0.39 is 5.60 Å². The number of aromatic nitrogens is 2. The van der Waals surface area contributed by atoms with Crippen LogP contribution in [0.1, 0.15) is 33.6 Å². The van der Waals surface area contributed by atoms with Crippen molar-refractivity contribution in [2.24, 2.45) is 0 Å². The van der Waals surface area contributed by atoms with Gasteiger partial charge in [-0.25, -0.2) is 4.79 Å². The lowest BCUT2D eigenvalue weighted by molar-refractivity contribution is 0.0560. The molecule has 0 aromatic carbocycles. The fourth-order valence-electron chi connectivity index (χ4n) is 3.22. The van der Waals surface area contributed by atoms with E-state index in [1.807, 2.05) is 57.4 Å². The number of rotatable bonds is 3. The summed E-state index contributed by atoms with van der Waals surface area (Å²) in [5.41, 5.74) is 1.47. The third kappa shape index (κ3) is 4.50. The normalized spacial score (nSPS) is 15.6. The topological polar surface area (TPSA) is 58.6 Å². The van der Waals surface area contributed by atoms with Gasteiger partial charge in [0.2, 0.25) is 0 Å². The quantitative estimate of drug-likeness (QED) is 0.837. The van der Waals surface area contributed by atoms with Gasteiger partial charge in [0.15, 0.2) is 0 Å². The van der Waals surface area contributed by atoms with Crippen molar-refractivity contribution in [2.75, 3.05) is 22.9 Å². The van der Waals surface area contributed by atoms with Crippen LogP contribution >= 0.6 is 0 Å². The number of amides is 1. The number of ether oxygens (including phenoxy) is 1. The molecule has 1 aliphatic rings. The van der Waals surface area contributed by atoms with E-state index in [2.05, 4.69) is 14.9 Å². The van der Waals surface area contributed by atoms with Crippen LogP contribution < -0.4 is 9.80 Å². The Labute approximate surface area is 154 Å². The number of piperidine rings is 1. The number of carbonyl (C=O) groups is 1. The van der Waals surface area contributed by atoms with Crippen molar-refractivity contribution in [3.05, 3.63) is 49.1 Å². The predicted molar refractivity (Wildman–Crippen MR) is 102 cm³/mol. The van der Waals surface area contributed by atoms with Gasteiger partial charge >= 0.3 is 6.09 Å². The molecule has 0 bridgehead atoms. The fraction of sp³-hybridized carbons (Fsp3) is 0.450. The molecular weight excluding hydrogens is 328 g/mol. The Morgan fingerprint density at radius 2 is 1.58 bits per heavy atom. The van der Waals surface area contributed by atoms with E-state index in [0.29, 0.717) is 0 Å². The van der Waals surface area contributed by atoms with Crippen LogP contribution in [-0.4, -0.2) is 40.8 Å². The Morgan fingerprint density at radius 1 is 1.04 bits per heavy atom. The van der Waals surface area contributed by atoms with Crippen molar-refractivity contribution in [3.63, 3.8) is 0 Å². The van der Waals surface area contributed by atoms with E-state index in [4.69, 9.17) is 4.74 Å². The first kappa shape index (κ1) is 18.2. The number of carbonyl (C=O) groups excluding carboxylic acids is 1. The van der Waals surface area contributed by atoms with E-state index in [9.17, 15) is 4.79 Å². The molecule has 2 aromatic rings. The predicted octanol–water partition coefficient (Wildman–Crippen LogP) is 3.89. The van der Waals surface area contributed by atoms with Crippen molar-refractivity contribution < 1.29 is 9.53 Å². The Hall–Kier alpha value is -2.63. The second-order valence-corrected chi connectivity index (χ2v) is 7.48. The molecule has 0 spiro atoms. The molecule has 0 aliphatic carbocycles. The van der Waals surface area contributed by atoms with Crippen LogP contribution in [0.4, 0.5) is 16.2 Å². The minimum Gasteiger partial charge on any atom is -0.443 e. The molecule has 6 nitrogen and oxygen atoms in total. The number of hydrogen-bond donors (Lipinski definition) is 0. The molecule has 0 radical (unpaired) electrons. The Morgan fingerprint density at radius 3 is 2.12 bits per heavy atom. The lowest BCUT2D eigenvalue weighted by Gasteiger charge is -2.39. The summed E-state index contributed by atoms with van der Waals surface area (Å²) in [6, 6.07) is 7.87. The first-order chi connectivity index (χ1) is 12.4. The van der Waals surface area contributed by atoms with Crippen molar-refractivity contribution in [1.82, 2.24) is 9.97 Å². The number of anilines is 2. The average Bonchev–Trinajstić information content (AvgIpc) is 2.63. The van der Waals surface area contributed by atoms with Crippen molar-refractivity contribution in [1.29, 1.82) is 0 Å². The molecule has 1 aliphatic heterocycles. The van der Waals surface area contributed by atoms with E-state index in [0.717, 1.165) is 31.6 Å². The van der Waals surface area contributed by atoms with Gasteiger partial charge in [0.25, 0.3) is 0 Å². The van der Waals surface area contributed by atoms with Gasteiger partial charge in [0.05, 0.1) is 5.69 Å². The van der Waals surface area contributed by atoms with Gasteiger partial charge < -0.3 is 9.64 Å². The van der Waals surface area contributed by atoms with Gasteiger partial charge in [-0.05, 0) is 57.9 Å². The summed E-state index contributed by atoms with van der Waals surface area (Å²) >= 11 is 0. The van der Waals surface area contributed by atoms with Crippen LogP contribution in [0.25, 0.3) is 0 Å². The van der Waals surface area contributed by atoms with Crippen LogP contribution in [-0.2, 0) is 4.74 Å². The molecule has 3 heterocycles. The summed E-state index contributed by atoms with van der Waals surface area (Å²) in [7, 11) is 0. The first-order valence-corrected chi connectivity index (χ1v) is 9.01. The Bertz CT molecular complexity index is 708. The third-order valence-corrected chi connectivity index (χ3v) is 4.39. The summed E-state index contributed by atoms with van der Waals surface area (Å²) in [5, 5.41) is 0. The van der Waals surface area contributed by atoms with Crippen LogP contribution in [0.5, 0.6) is 0 Å². The molecule has 0 unspecified atom stereocenters. The standard InChI is InChI=1S/C20H26N4O2/c1-20(2,3)26-19(25)24(17-6-12-22-13-7-17)18-8-14-23(15-9-18)16-4-10-21-11-5-16/h4-7,10-13,18H,8-9,14-15H2,1-3H3. The third-order valence-electron chi connectivity index (χ3n) is 4.39. The van der Waals surface area contributed by atoms with Crippen molar-refractivity contribution in [2.45, 2.75) is 45.3 Å². The van der Waals surface area contributed by atoms with E-state index in [1.165, 1.54) is 5.69 Å². The maximum absolute atomic E-state index is 12.9. The second-order valence-electron chi connectivity index (χ2n) is 7.48. The maximum Gasteiger partial charge on any atom is 0.415 e. The van der Waals surface area contributed by atoms with Crippen LogP contribution in [0, 0.1) is 0 Å². The SMILES string of the molecule is CC(C)(C)OC(=O)N(c1ccncc1)C1CCN(c2ccncc2)CC1. The fourth-order valence-corrected chi connectivity index (χ4v) is 3.22. The molecule has 6 heteroatoms. The first-order valence-electron chi connectivity index (χ1n) is 9.01. The minimum atomic E-state index is -0.528. The van der Waals surface area contributed by atoms with Crippen LogP contribution in [0.2, 0.25) is 0 Å². The molecule has 2 aromatic heterocycles. The number of pyridine rings is 2. The Balaban J connectivity index is 1.75. The van der Waals surface area contributed by atoms with Crippen LogP contribution in [0.3, 0.4) is 0 Å². The van der Waals surface area contributed by atoms with Crippen LogP contribution in [0.15, 0.2) is 49.1 Å². The minimum absolute atomic E-state index is 0.102. The molecular formula is C20H26N4O2. The van der Waals surface area contributed by atoms with E-state index in [-0.39, 0.29) is 12.1 Å². The summed E-state index contributed by atoms with van der Waals surface area (Å²) in [5.74, 6) is 0. The zero-order valence-corrected chi connectivity index (χ0v) is 15.6. The summed E-state index contributed by atoms with van der Waals surface area (Å²) < 4.78 is 5.66. The lowest BCUT2D eigenvalue weighted by atomic mass is 10.0. The highest BCUT2D eigenvalue weighted by Crippen LogP contribution is 2.27. The number of hydrogen-bond acceptors (Lipinski definition) is 5. The summed E-state index contributed by atoms with van der Waals surface area (Å²) in [6.45, 7) is 7.45. The smallest absolute Gasteiger partial charge is 0.415 e. The van der Waals surface area contributed by atoms with Gasteiger partial charge in [0, 0.05) is 49.6 Å². The average molecular weight is 354 g/mol. The monoisotopic (exact) mass is 354 g/mol. The van der Waals surface area contributed by atoms with Gasteiger partial charge in [-0.3, -0.25) is 14.9 Å². The number of nitrogens with zero attached hydrogens (tertiary/aromatic N) is 4. The highest BCUT2D eigenvalue weighted by Gasteiger charge is 2.32. The summed E-state index contributed by atoms with van der Waals surface area (Å²) in [4.78, 5) is 25.1. The molecule has 3 rings (SSSR count). The molecule has 138 valence electrons. The van der Waals surface area contributed by atoms with Gasteiger partial charge in [-0.15, -0.1) is 0 Å². The molecule has 26 heavy (non-hydrogen) atoms. The Kier molecular flexibility index (Phi) is 5.40. The zero-order chi connectivity index (χ0) is 18.6. The van der Waals surface area contributed by atoms with Crippen molar-refractivity contribution in [3.8, 4) is 0 Å². The molecule has 0 saturated carbocycles. The van der Waals surface area contributed by atoms with E-state index >= 15 is 0 Å². The molecule has 1 saturated heterocycles. The van der Waals surface area contributed by atoms with E-state index in [1.54, 1.807) is 17.3 Å². The van der Waals surface area contributed by atoms with Gasteiger partial charge in [0.1, 0.15) is 5.60 Å². The summed E-state index contributed by atoms with van der Waals surface area (Å²) in [6.07, 6.45) is 8.49.